The van der Waals surface area contributed by atoms with Crippen molar-refractivity contribution < 1.29 is 18.0 Å². The quantitative estimate of drug-likeness (QED) is 0.309. The third-order valence-corrected chi connectivity index (χ3v) is 8.50. The van der Waals surface area contributed by atoms with E-state index < -0.39 is 28.5 Å². The van der Waals surface area contributed by atoms with E-state index in [2.05, 4.69) is 19.2 Å². The zero-order valence-electron chi connectivity index (χ0n) is 24.3. The van der Waals surface area contributed by atoms with Crippen molar-refractivity contribution in [2.45, 2.75) is 77.4 Å². The van der Waals surface area contributed by atoms with Gasteiger partial charge in [-0.25, -0.2) is 8.42 Å². The fourth-order valence-corrected chi connectivity index (χ4v) is 6.02. The highest BCUT2D eigenvalue weighted by Gasteiger charge is 2.33. The van der Waals surface area contributed by atoms with Gasteiger partial charge in [-0.2, -0.15) is 0 Å². The molecule has 3 aromatic carbocycles. The van der Waals surface area contributed by atoms with Gasteiger partial charge in [-0.3, -0.25) is 13.9 Å². The summed E-state index contributed by atoms with van der Waals surface area (Å²) in [5.41, 5.74) is 3.34. The molecule has 0 aliphatic carbocycles. The SMILES string of the molecule is CC[C@H](C(=O)NC(C)C)N(Cc1cccc(C)c1)C(=O)CN(c1ccc(C(C)C)cc1)S(=O)(=O)c1ccccc1. The molecular weight excluding hydrogens is 522 g/mol. The summed E-state index contributed by atoms with van der Waals surface area (Å²) in [6.45, 7) is 11.4. The maximum absolute atomic E-state index is 14.1. The van der Waals surface area contributed by atoms with E-state index in [1.165, 1.54) is 17.0 Å². The van der Waals surface area contributed by atoms with Gasteiger partial charge in [-0.05, 0) is 68.5 Å². The first-order chi connectivity index (χ1) is 18.9. The minimum absolute atomic E-state index is 0.0885. The Hall–Kier alpha value is -3.65. The predicted molar refractivity (Wildman–Crippen MR) is 161 cm³/mol. The van der Waals surface area contributed by atoms with Crippen molar-refractivity contribution in [2.75, 3.05) is 10.8 Å². The molecule has 2 amide bonds. The van der Waals surface area contributed by atoms with Crippen LogP contribution in [0.25, 0.3) is 0 Å². The predicted octanol–water partition coefficient (Wildman–Crippen LogP) is 5.65. The van der Waals surface area contributed by atoms with Crippen LogP contribution in [0, 0.1) is 6.92 Å². The number of nitrogens with one attached hydrogen (secondary N) is 1. The lowest BCUT2D eigenvalue weighted by molar-refractivity contribution is -0.140. The summed E-state index contributed by atoms with van der Waals surface area (Å²) in [5.74, 6) is -0.457. The first-order valence-electron chi connectivity index (χ1n) is 13.8. The van der Waals surface area contributed by atoms with Crippen LogP contribution in [-0.4, -0.2) is 43.8 Å². The molecule has 0 aromatic heterocycles. The summed E-state index contributed by atoms with van der Waals surface area (Å²) in [4.78, 5) is 28.9. The fraction of sp³-hybridized carbons (Fsp3) is 0.375. The molecule has 8 heteroatoms. The van der Waals surface area contributed by atoms with E-state index in [0.717, 1.165) is 21.0 Å². The third-order valence-electron chi connectivity index (χ3n) is 6.71. The molecule has 3 aromatic rings. The zero-order valence-corrected chi connectivity index (χ0v) is 25.1. The van der Waals surface area contributed by atoms with Crippen LogP contribution in [0.4, 0.5) is 5.69 Å². The Morgan fingerprint density at radius 2 is 1.52 bits per heavy atom. The summed E-state index contributed by atoms with van der Waals surface area (Å²) in [6.07, 6.45) is 0.380. The average Bonchev–Trinajstić information content (AvgIpc) is 2.91. The second-order valence-electron chi connectivity index (χ2n) is 10.7. The summed E-state index contributed by atoms with van der Waals surface area (Å²) < 4.78 is 29.0. The van der Waals surface area contributed by atoms with Crippen molar-refractivity contribution in [1.82, 2.24) is 10.2 Å². The lowest BCUT2D eigenvalue weighted by Gasteiger charge is -2.33. The lowest BCUT2D eigenvalue weighted by Crippen LogP contribution is -2.53. The molecule has 0 heterocycles. The first-order valence-corrected chi connectivity index (χ1v) is 15.2. The summed E-state index contributed by atoms with van der Waals surface area (Å²) in [6, 6.07) is 22.2. The van der Waals surface area contributed by atoms with Crippen molar-refractivity contribution >= 4 is 27.5 Å². The van der Waals surface area contributed by atoms with E-state index in [-0.39, 0.29) is 29.3 Å². The molecule has 0 saturated heterocycles. The van der Waals surface area contributed by atoms with Crippen LogP contribution in [0.15, 0.2) is 83.8 Å². The number of carbonyl (C=O) groups excluding carboxylic acids is 2. The van der Waals surface area contributed by atoms with Crippen LogP contribution < -0.4 is 9.62 Å². The molecule has 0 saturated carbocycles. The molecule has 0 unspecified atom stereocenters. The van der Waals surface area contributed by atoms with E-state index in [9.17, 15) is 18.0 Å². The van der Waals surface area contributed by atoms with E-state index >= 15 is 0 Å². The number of anilines is 1. The van der Waals surface area contributed by atoms with Gasteiger partial charge in [0.2, 0.25) is 11.8 Å². The van der Waals surface area contributed by atoms with Crippen molar-refractivity contribution in [2.24, 2.45) is 0 Å². The van der Waals surface area contributed by atoms with Gasteiger partial charge in [0, 0.05) is 12.6 Å². The summed E-state index contributed by atoms with van der Waals surface area (Å²) in [5, 5.41) is 2.92. The number of hydrogen-bond donors (Lipinski definition) is 1. The molecule has 0 aliphatic heterocycles. The van der Waals surface area contributed by atoms with Crippen LogP contribution in [0.5, 0.6) is 0 Å². The number of hydrogen-bond acceptors (Lipinski definition) is 4. The first kappa shape index (κ1) is 30.9. The normalized spacial score (nSPS) is 12.3. The molecular formula is C32H41N3O4S. The Morgan fingerprint density at radius 3 is 2.08 bits per heavy atom. The standard InChI is InChI=1S/C32H41N3O4S/c1-7-30(32(37)33-24(4)5)34(21-26-13-11-12-25(6)20-26)31(36)22-35(28-18-16-27(17-19-28)23(2)3)40(38,39)29-14-9-8-10-15-29/h8-20,23-24,30H,7,21-22H2,1-6H3,(H,33,37)/t30-/m1/s1. The molecule has 1 atom stereocenters. The Kier molecular flexibility index (Phi) is 10.5. The van der Waals surface area contributed by atoms with E-state index in [1.54, 1.807) is 30.3 Å². The second-order valence-corrected chi connectivity index (χ2v) is 12.5. The molecule has 0 bridgehead atoms. The summed E-state index contributed by atoms with van der Waals surface area (Å²) in [7, 11) is -4.08. The second kappa shape index (κ2) is 13.6. The highest BCUT2D eigenvalue weighted by molar-refractivity contribution is 7.92. The zero-order chi connectivity index (χ0) is 29.4. The van der Waals surface area contributed by atoms with Gasteiger partial charge >= 0.3 is 0 Å². The number of nitrogens with zero attached hydrogens (tertiary/aromatic N) is 2. The summed E-state index contributed by atoms with van der Waals surface area (Å²) >= 11 is 0. The number of carbonyl (C=O) groups is 2. The molecule has 0 aliphatic rings. The Balaban J connectivity index is 2.07. The Morgan fingerprint density at radius 1 is 0.875 bits per heavy atom. The minimum atomic E-state index is -4.08. The smallest absolute Gasteiger partial charge is 0.264 e. The molecule has 0 spiro atoms. The van der Waals surface area contributed by atoms with Crippen LogP contribution in [0.3, 0.4) is 0 Å². The maximum atomic E-state index is 14.1. The van der Waals surface area contributed by atoms with E-state index in [0.29, 0.717) is 12.1 Å². The minimum Gasteiger partial charge on any atom is -0.352 e. The molecule has 0 radical (unpaired) electrons. The van der Waals surface area contributed by atoms with Gasteiger partial charge < -0.3 is 10.2 Å². The van der Waals surface area contributed by atoms with Crippen molar-refractivity contribution in [3.63, 3.8) is 0 Å². The highest BCUT2D eigenvalue weighted by atomic mass is 32.2. The molecule has 0 fully saturated rings. The molecule has 40 heavy (non-hydrogen) atoms. The van der Waals surface area contributed by atoms with Crippen LogP contribution >= 0.6 is 0 Å². The van der Waals surface area contributed by atoms with Gasteiger partial charge in [-0.15, -0.1) is 0 Å². The number of aryl methyl sites for hydroxylation is 1. The van der Waals surface area contributed by atoms with Crippen molar-refractivity contribution in [3.8, 4) is 0 Å². The topological polar surface area (TPSA) is 86.8 Å². The monoisotopic (exact) mass is 563 g/mol. The van der Waals surface area contributed by atoms with Gasteiger partial charge in [0.1, 0.15) is 12.6 Å². The molecule has 214 valence electrons. The maximum Gasteiger partial charge on any atom is 0.264 e. The highest BCUT2D eigenvalue weighted by Crippen LogP contribution is 2.27. The van der Waals surface area contributed by atoms with Crippen LogP contribution in [-0.2, 0) is 26.2 Å². The van der Waals surface area contributed by atoms with E-state index in [1.807, 2.05) is 64.1 Å². The van der Waals surface area contributed by atoms with Crippen molar-refractivity contribution in [1.29, 1.82) is 0 Å². The van der Waals surface area contributed by atoms with Gasteiger partial charge in [0.25, 0.3) is 10.0 Å². The molecule has 7 nitrogen and oxygen atoms in total. The number of rotatable bonds is 12. The van der Waals surface area contributed by atoms with Crippen LogP contribution in [0.2, 0.25) is 0 Å². The lowest BCUT2D eigenvalue weighted by atomic mass is 10.0. The van der Waals surface area contributed by atoms with Crippen LogP contribution in [0.1, 0.15) is 63.6 Å². The molecule has 1 N–H and O–H groups in total. The largest absolute Gasteiger partial charge is 0.352 e. The fourth-order valence-electron chi connectivity index (χ4n) is 4.58. The molecule has 3 rings (SSSR count). The third kappa shape index (κ3) is 7.72. The van der Waals surface area contributed by atoms with E-state index in [4.69, 9.17) is 0 Å². The Bertz CT molecular complexity index is 1390. The number of benzene rings is 3. The van der Waals surface area contributed by atoms with Gasteiger partial charge in [0.15, 0.2) is 0 Å². The van der Waals surface area contributed by atoms with Crippen molar-refractivity contribution in [3.05, 3.63) is 95.6 Å². The number of amides is 2. The average molecular weight is 564 g/mol. The Labute approximate surface area is 239 Å². The van der Waals surface area contributed by atoms with Gasteiger partial charge in [0.05, 0.1) is 10.6 Å². The number of sulfonamides is 1. The van der Waals surface area contributed by atoms with Gasteiger partial charge in [-0.1, -0.05) is 80.9 Å².